The zero-order chi connectivity index (χ0) is 14.1. The predicted molar refractivity (Wildman–Crippen MR) is 86.6 cm³/mol. The van der Waals surface area contributed by atoms with E-state index in [4.69, 9.17) is 0 Å². The average molecular weight is 268 g/mol. The third-order valence-electron chi connectivity index (χ3n) is 4.82. The van der Waals surface area contributed by atoms with E-state index >= 15 is 0 Å². The van der Waals surface area contributed by atoms with Gasteiger partial charge in [-0.25, -0.2) is 0 Å². The van der Waals surface area contributed by atoms with Crippen molar-refractivity contribution in [2.75, 3.05) is 6.54 Å². The van der Waals surface area contributed by atoms with E-state index in [0.717, 1.165) is 12.0 Å². The normalized spacial score (nSPS) is 24.6. The summed E-state index contributed by atoms with van der Waals surface area (Å²) in [6, 6.07) is 0.782. The molecule has 2 unspecified atom stereocenters. The summed E-state index contributed by atoms with van der Waals surface area (Å²) in [5.74, 6) is 0.876. The molecule has 0 aromatic heterocycles. The van der Waals surface area contributed by atoms with Gasteiger partial charge in [-0.1, -0.05) is 72.6 Å². The predicted octanol–water partition coefficient (Wildman–Crippen LogP) is 5.54. The Labute approximate surface area is 121 Å². The van der Waals surface area contributed by atoms with Gasteiger partial charge in [0.25, 0.3) is 0 Å². The molecule has 1 aliphatic carbocycles. The van der Waals surface area contributed by atoms with Crippen LogP contribution in [-0.4, -0.2) is 12.6 Å². The van der Waals surface area contributed by atoms with Crippen molar-refractivity contribution in [3.8, 4) is 0 Å². The second kappa shape index (κ2) is 9.00. The number of nitrogens with one attached hydrogen (secondary N) is 1. The zero-order valence-corrected chi connectivity index (χ0v) is 13.9. The topological polar surface area (TPSA) is 12.0 Å². The third-order valence-corrected chi connectivity index (χ3v) is 4.82. The highest BCUT2D eigenvalue weighted by atomic mass is 14.9. The first kappa shape index (κ1) is 17.0. The van der Waals surface area contributed by atoms with E-state index < -0.39 is 0 Å². The summed E-state index contributed by atoms with van der Waals surface area (Å²) in [6.07, 6.45) is 14.1. The van der Waals surface area contributed by atoms with Gasteiger partial charge in [0, 0.05) is 6.04 Å². The summed E-state index contributed by atoms with van der Waals surface area (Å²) < 4.78 is 0. The molecule has 0 bridgehead atoms. The monoisotopic (exact) mass is 267 g/mol. The first-order chi connectivity index (χ1) is 9.05. The van der Waals surface area contributed by atoms with Crippen molar-refractivity contribution in [1.82, 2.24) is 5.32 Å². The largest absolute Gasteiger partial charge is 0.314 e. The van der Waals surface area contributed by atoms with Gasteiger partial charge in [0.1, 0.15) is 0 Å². The minimum atomic E-state index is 0.471. The lowest BCUT2D eigenvalue weighted by Crippen LogP contribution is -2.44. The van der Waals surface area contributed by atoms with Gasteiger partial charge < -0.3 is 5.32 Å². The molecule has 1 fully saturated rings. The van der Waals surface area contributed by atoms with Crippen molar-refractivity contribution in [1.29, 1.82) is 0 Å². The molecule has 1 heteroatoms. The Balaban J connectivity index is 2.15. The SMILES string of the molecule is CCCCCCCCNC1CCCCC1C(C)(C)C. The van der Waals surface area contributed by atoms with Gasteiger partial charge in [-0.15, -0.1) is 0 Å². The van der Waals surface area contributed by atoms with Crippen molar-refractivity contribution in [3.63, 3.8) is 0 Å². The Hall–Kier alpha value is -0.0400. The lowest BCUT2D eigenvalue weighted by atomic mass is 9.69. The summed E-state index contributed by atoms with van der Waals surface area (Å²) in [5, 5.41) is 3.87. The first-order valence-corrected chi connectivity index (χ1v) is 8.79. The highest BCUT2D eigenvalue weighted by molar-refractivity contribution is 4.88. The van der Waals surface area contributed by atoms with Gasteiger partial charge in [0.2, 0.25) is 0 Å². The minimum absolute atomic E-state index is 0.471. The van der Waals surface area contributed by atoms with Gasteiger partial charge >= 0.3 is 0 Å². The van der Waals surface area contributed by atoms with Crippen LogP contribution in [0.4, 0.5) is 0 Å². The van der Waals surface area contributed by atoms with E-state index in [1.807, 2.05) is 0 Å². The van der Waals surface area contributed by atoms with Crippen LogP contribution in [0.1, 0.15) is 91.9 Å². The Morgan fingerprint density at radius 1 is 0.895 bits per heavy atom. The van der Waals surface area contributed by atoms with Crippen molar-refractivity contribution in [3.05, 3.63) is 0 Å². The van der Waals surface area contributed by atoms with Crippen LogP contribution in [0.5, 0.6) is 0 Å². The van der Waals surface area contributed by atoms with E-state index in [1.165, 1.54) is 70.8 Å². The second-order valence-electron chi connectivity index (χ2n) is 7.59. The van der Waals surface area contributed by atoms with Crippen LogP contribution in [0.2, 0.25) is 0 Å². The molecular formula is C18H37N. The molecule has 0 spiro atoms. The Morgan fingerprint density at radius 2 is 1.53 bits per heavy atom. The van der Waals surface area contributed by atoms with Crippen molar-refractivity contribution < 1.29 is 0 Å². The number of hydrogen-bond donors (Lipinski definition) is 1. The molecule has 19 heavy (non-hydrogen) atoms. The molecule has 1 rings (SSSR count). The third kappa shape index (κ3) is 6.79. The van der Waals surface area contributed by atoms with Crippen molar-refractivity contribution in [2.45, 2.75) is 97.9 Å². The van der Waals surface area contributed by atoms with Crippen LogP contribution < -0.4 is 5.32 Å². The molecule has 1 saturated carbocycles. The van der Waals surface area contributed by atoms with E-state index in [9.17, 15) is 0 Å². The molecule has 1 aliphatic rings. The Bertz CT molecular complexity index is 216. The molecule has 0 aromatic carbocycles. The van der Waals surface area contributed by atoms with Crippen LogP contribution in [0.25, 0.3) is 0 Å². The lowest BCUT2D eigenvalue weighted by Gasteiger charge is -2.41. The summed E-state index contributed by atoms with van der Waals surface area (Å²) in [7, 11) is 0. The van der Waals surface area contributed by atoms with Crippen LogP contribution in [-0.2, 0) is 0 Å². The van der Waals surface area contributed by atoms with Crippen molar-refractivity contribution >= 4 is 0 Å². The number of unbranched alkanes of at least 4 members (excludes halogenated alkanes) is 5. The Kier molecular flexibility index (Phi) is 8.06. The van der Waals surface area contributed by atoms with Gasteiger partial charge in [0.05, 0.1) is 0 Å². The maximum atomic E-state index is 3.87. The molecule has 0 aliphatic heterocycles. The van der Waals surface area contributed by atoms with Gasteiger partial charge in [-0.2, -0.15) is 0 Å². The Morgan fingerprint density at radius 3 is 2.21 bits per heavy atom. The molecular weight excluding hydrogens is 230 g/mol. The first-order valence-electron chi connectivity index (χ1n) is 8.79. The minimum Gasteiger partial charge on any atom is -0.314 e. The summed E-state index contributed by atoms with van der Waals surface area (Å²) >= 11 is 0. The molecule has 0 saturated heterocycles. The summed E-state index contributed by atoms with van der Waals surface area (Å²) in [5.41, 5.74) is 0.471. The average Bonchev–Trinajstić information content (AvgIpc) is 2.37. The molecule has 1 N–H and O–H groups in total. The van der Waals surface area contributed by atoms with E-state index in [-0.39, 0.29) is 0 Å². The quantitative estimate of drug-likeness (QED) is 0.569. The van der Waals surface area contributed by atoms with E-state index in [0.29, 0.717) is 5.41 Å². The van der Waals surface area contributed by atoms with Gasteiger partial charge in [0.15, 0.2) is 0 Å². The van der Waals surface area contributed by atoms with Crippen LogP contribution in [0.3, 0.4) is 0 Å². The fraction of sp³-hybridized carbons (Fsp3) is 1.00. The molecule has 0 radical (unpaired) electrons. The molecule has 1 nitrogen and oxygen atoms in total. The van der Waals surface area contributed by atoms with E-state index in [2.05, 4.69) is 33.0 Å². The molecule has 0 heterocycles. The fourth-order valence-electron chi connectivity index (χ4n) is 3.60. The smallest absolute Gasteiger partial charge is 0.0100 e. The maximum Gasteiger partial charge on any atom is 0.0100 e. The standard InChI is InChI=1S/C18H37N/c1-5-6-7-8-9-12-15-19-17-14-11-10-13-16(17)18(2,3)4/h16-17,19H,5-15H2,1-4H3. The van der Waals surface area contributed by atoms with Gasteiger partial charge in [-0.3, -0.25) is 0 Å². The van der Waals surface area contributed by atoms with E-state index in [1.54, 1.807) is 0 Å². The molecule has 0 amide bonds. The number of rotatable bonds is 8. The zero-order valence-electron chi connectivity index (χ0n) is 13.9. The lowest BCUT2D eigenvalue weighted by molar-refractivity contribution is 0.131. The fourth-order valence-corrected chi connectivity index (χ4v) is 3.60. The molecule has 114 valence electrons. The molecule has 2 atom stereocenters. The maximum absolute atomic E-state index is 3.87. The summed E-state index contributed by atoms with van der Waals surface area (Å²) in [4.78, 5) is 0. The van der Waals surface area contributed by atoms with Gasteiger partial charge in [-0.05, 0) is 37.1 Å². The highest BCUT2D eigenvalue weighted by Gasteiger charge is 2.33. The molecule has 0 aromatic rings. The van der Waals surface area contributed by atoms with Crippen molar-refractivity contribution in [2.24, 2.45) is 11.3 Å². The van der Waals surface area contributed by atoms with Crippen LogP contribution in [0.15, 0.2) is 0 Å². The van der Waals surface area contributed by atoms with Crippen LogP contribution in [0, 0.1) is 11.3 Å². The van der Waals surface area contributed by atoms with Crippen LogP contribution >= 0.6 is 0 Å². The highest BCUT2D eigenvalue weighted by Crippen LogP contribution is 2.37. The number of hydrogen-bond acceptors (Lipinski definition) is 1. The second-order valence-corrected chi connectivity index (χ2v) is 7.59. The summed E-state index contributed by atoms with van der Waals surface area (Å²) in [6.45, 7) is 10.8.